The number of nitrogens with one attached hydrogen (secondary N) is 2. The van der Waals surface area contributed by atoms with Crippen LogP contribution in [-0.2, 0) is 21.2 Å². The number of hydrogen-bond donors (Lipinski definition) is 3. The molecule has 11 heteroatoms. The van der Waals surface area contributed by atoms with Gasteiger partial charge < -0.3 is 20.2 Å². The van der Waals surface area contributed by atoms with Gasteiger partial charge in [0.1, 0.15) is 5.76 Å². The lowest BCUT2D eigenvalue weighted by atomic mass is 10.0. The Morgan fingerprint density at radius 3 is 2.18 bits per heavy atom. The van der Waals surface area contributed by atoms with Gasteiger partial charge in [-0.3, -0.25) is 9.59 Å². The van der Waals surface area contributed by atoms with Gasteiger partial charge in [0, 0.05) is 36.3 Å². The van der Waals surface area contributed by atoms with E-state index in [9.17, 15) is 23.1 Å². The SMILES string of the molecule is CC(=O)Nc1ccc(S(=O)(=O)N(CC(C)C)C[C@@H](O)[C@H](Cc2ccccc2)NC(=O)c2ccc(-c3ccc(Cl)cc3)o2)cc1. The van der Waals surface area contributed by atoms with Crippen LogP contribution >= 0.6 is 11.6 Å². The van der Waals surface area contributed by atoms with Crippen molar-refractivity contribution in [3.05, 3.63) is 107 Å². The Kier molecular flexibility index (Phi) is 11.0. The molecule has 0 spiro atoms. The van der Waals surface area contributed by atoms with E-state index in [2.05, 4.69) is 10.6 Å². The fourth-order valence-electron chi connectivity index (χ4n) is 4.70. The van der Waals surface area contributed by atoms with Gasteiger partial charge in [-0.25, -0.2) is 8.42 Å². The number of furan rings is 1. The summed E-state index contributed by atoms with van der Waals surface area (Å²) in [6.45, 7) is 5.01. The highest BCUT2D eigenvalue weighted by Crippen LogP contribution is 2.25. The highest BCUT2D eigenvalue weighted by Gasteiger charge is 2.32. The Labute approximate surface area is 262 Å². The first-order valence-corrected chi connectivity index (χ1v) is 16.0. The van der Waals surface area contributed by atoms with Crippen molar-refractivity contribution in [3.63, 3.8) is 0 Å². The molecule has 3 N–H and O–H groups in total. The molecule has 9 nitrogen and oxygen atoms in total. The van der Waals surface area contributed by atoms with E-state index in [1.807, 2.05) is 44.2 Å². The predicted octanol–water partition coefficient (Wildman–Crippen LogP) is 5.61. The molecule has 4 rings (SSSR count). The summed E-state index contributed by atoms with van der Waals surface area (Å²) in [4.78, 5) is 24.7. The molecule has 3 aromatic carbocycles. The number of carbonyl (C=O) groups excluding carboxylic acids is 2. The van der Waals surface area contributed by atoms with Crippen LogP contribution in [0.4, 0.5) is 5.69 Å². The summed E-state index contributed by atoms with van der Waals surface area (Å²) in [7, 11) is -4.03. The summed E-state index contributed by atoms with van der Waals surface area (Å²) in [5.41, 5.74) is 2.06. The number of benzene rings is 3. The molecule has 0 aliphatic heterocycles. The van der Waals surface area contributed by atoms with Crippen molar-refractivity contribution < 1.29 is 27.5 Å². The number of aliphatic hydroxyl groups is 1. The minimum Gasteiger partial charge on any atom is -0.451 e. The highest BCUT2D eigenvalue weighted by molar-refractivity contribution is 7.89. The number of aliphatic hydroxyl groups excluding tert-OH is 1. The molecule has 0 radical (unpaired) electrons. The Balaban J connectivity index is 1.57. The molecule has 2 amide bonds. The normalized spacial score (nSPS) is 13.1. The highest BCUT2D eigenvalue weighted by atomic mass is 35.5. The molecule has 44 heavy (non-hydrogen) atoms. The van der Waals surface area contributed by atoms with Gasteiger partial charge in [-0.15, -0.1) is 0 Å². The maximum atomic E-state index is 13.7. The average molecular weight is 638 g/mol. The molecular weight excluding hydrogens is 602 g/mol. The number of hydrogen-bond acceptors (Lipinski definition) is 6. The maximum absolute atomic E-state index is 13.7. The standard InChI is InChI=1S/C33H36ClN3O6S/c1-22(2)20-37(44(41,42)28-15-13-27(14-16-28)35-23(3)38)21-30(39)29(19-24-7-5-4-6-8-24)36-33(40)32-18-17-31(43-32)25-9-11-26(34)12-10-25/h4-18,22,29-30,39H,19-21H2,1-3H3,(H,35,38)(H,36,40)/t29-,30+/m0/s1. The first-order valence-electron chi connectivity index (χ1n) is 14.2. The van der Waals surface area contributed by atoms with Gasteiger partial charge >= 0.3 is 0 Å². The van der Waals surface area contributed by atoms with E-state index in [1.165, 1.54) is 35.5 Å². The summed E-state index contributed by atoms with van der Waals surface area (Å²) < 4.78 is 34.5. The second-order valence-corrected chi connectivity index (χ2v) is 13.3. The topological polar surface area (TPSA) is 129 Å². The lowest BCUT2D eigenvalue weighted by molar-refractivity contribution is -0.114. The van der Waals surface area contributed by atoms with E-state index in [0.717, 1.165) is 11.1 Å². The largest absolute Gasteiger partial charge is 0.451 e. The molecule has 0 saturated heterocycles. The van der Waals surface area contributed by atoms with Gasteiger partial charge in [0.2, 0.25) is 15.9 Å². The van der Waals surface area contributed by atoms with Gasteiger partial charge in [-0.2, -0.15) is 4.31 Å². The van der Waals surface area contributed by atoms with Crippen molar-refractivity contribution >= 4 is 39.1 Å². The number of rotatable bonds is 13. The first kappa shape index (κ1) is 32.9. The van der Waals surface area contributed by atoms with E-state index in [0.29, 0.717) is 16.5 Å². The predicted molar refractivity (Wildman–Crippen MR) is 171 cm³/mol. The Morgan fingerprint density at radius 2 is 1.57 bits per heavy atom. The van der Waals surface area contributed by atoms with E-state index < -0.39 is 28.1 Å². The quantitative estimate of drug-likeness (QED) is 0.175. The number of halogens is 1. The van der Waals surface area contributed by atoms with Crippen LogP contribution in [-0.4, -0.2) is 54.9 Å². The Bertz CT molecular complexity index is 1660. The number of carbonyl (C=O) groups is 2. The van der Waals surface area contributed by atoms with E-state index in [1.54, 1.807) is 36.4 Å². The van der Waals surface area contributed by atoms with Crippen LogP contribution in [0.5, 0.6) is 0 Å². The van der Waals surface area contributed by atoms with Crippen LogP contribution in [0.15, 0.2) is 100 Å². The first-order chi connectivity index (χ1) is 20.9. The van der Waals surface area contributed by atoms with Gasteiger partial charge in [-0.05, 0) is 78.6 Å². The molecule has 1 heterocycles. The lowest BCUT2D eigenvalue weighted by Crippen LogP contribution is -2.51. The molecule has 0 unspecified atom stereocenters. The number of amides is 2. The van der Waals surface area contributed by atoms with Crippen LogP contribution < -0.4 is 10.6 Å². The Hall–Kier alpha value is -3.96. The average Bonchev–Trinajstić information content (AvgIpc) is 3.48. The van der Waals surface area contributed by atoms with E-state index in [4.69, 9.17) is 16.0 Å². The van der Waals surface area contributed by atoms with Crippen molar-refractivity contribution in [1.29, 1.82) is 0 Å². The molecule has 4 aromatic rings. The van der Waals surface area contributed by atoms with Crippen LogP contribution in [0.25, 0.3) is 11.3 Å². The van der Waals surface area contributed by atoms with E-state index in [-0.39, 0.29) is 42.0 Å². The molecule has 0 aliphatic rings. The molecule has 2 atom stereocenters. The van der Waals surface area contributed by atoms with Crippen LogP contribution in [0.2, 0.25) is 5.02 Å². The molecule has 0 aliphatic carbocycles. The van der Waals surface area contributed by atoms with E-state index >= 15 is 0 Å². The fourth-order valence-corrected chi connectivity index (χ4v) is 6.44. The summed E-state index contributed by atoms with van der Waals surface area (Å²) in [6, 6.07) is 24.5. The molecular formula is C33H36ClN3O6S. The number of sulfonamides is 1. The third kappa shape index (κ3) is 8.79. The minimum atomic E-state index is -4.03. The summed E-state index contributed by atoms with van der Waals surface area (Å²) >= 11 is 5.98. The molecule has 0 bridgehead atoms. The second-order valence-electron chi connectivity index (χ2n) is 10.9. The maximum Gasteiger partial charge on any atom is 0.287 e. The summed E-state index contributed by atoms with van der Waals surface area (Å²) in [6.07, 6.45) is -1.02. The van der Waals surface area contributed by atoms with Crippen molar-refractivity contribution in [3.8, 4) is 11.3 Å². The number of anilines is 1. The van der Waals surface area contributed by atoms with Crippen molar-refractivity contribution in [2.75, 3.05) is 18.4 Å². The van der Waals surface area contributed by atoms with Crippen LogP contribution in [0.3, 0.4) is 0 Å². The second kappa shape index (κ2) is 14.7. The van der Waals surface area contributed by atoms with Crippen molar-refractivity contribution in [2.45, 2.75) is 44.2 Å². The van der Waals surface area contributed by atoms with Crippen molar-refractivity contribution in [2.24, 2.45) is 5.92 Å². The van der Waals surface area contributed by atoms with Gasteiger partial charge in [0.25, 0.3) is 5.91 Å². The monoisotopic (exact) mass is 637 g/mol. The minimum absolute atomic E-state index is 0.0217. The molecule has 232 valence electrons. The smallest absolute Gasteiger partial charge is 0.287 e. The fraction of sp³-hybridized carbons (Fsp3) is 0.273. The molecule has 1 aromatic heterocycles. The summed E-state index contributed by atoms with van der Waals surface area (Å²) in [5.74, 6) is -0.339. The number of nitrogens with zero attached hydrogens (tertiary/aromatic N) is 1. The van der Waals surface area contributed by atoms with Crippen LogP contribution in [0.1, 0.15) is 36.9 Å². The zero-order valence-corrected chi connectivity index (χ0v) is 26.3. The zero-order valence-electron chi connectivity index (χ0n) is 24.7. The summed E-state index contributed by atoms with van der Waals surface area (Å²) in [5, 5.41) is 17.6. The van der Waals surface area contributed by atoms with Gasteiger partial charge in [-0.1, -0.05) is 55.8 Å². The third-order valence-electron chi connectivity index (χ3n) is 6.81. The van der Waals surface area contributed by atoms with Gasteiger partial charge in [0.15, 0.2) is 5.76 Å². The van der Waals surface area contributed by atoms with Gasteiger partial charge in [0.05, 0.1) is 17.0 Å². The lowest BCUT2D eigenvalue weighted by Gasteiger charge is -2.30. The molecule has 0 saturated carbocycles. The molecule has 0 fully saturated rings. The van der Waals surface area contributed by atoms with Crippen LogP contribution in [0, 0.1) is 5.92 Å². The Morgan fingerprint density at radius 1 is 0.909 bits per heavy atom. The zero-order chi connectivity index (χ0) is 31.9. The van der Waals surface area contributed by atoms with Crippen molar-refractivity contribution in [1.82, 2.24) is 9.62 Å². The third-order valence-corrected chi connectivity index (χ3v) is 8.91.